The lowest BCUT2D eigenvalue weighted by molar-refractivity contribution is 0.0699. The molecule has 0 fully saturated rings. The number of carbonyl (C=O) groups is 1. The van der Waals surface area contributed by atoms with E-state index in [-0.39, 0.29) is 10.5 Å². The van der Waals surface area contributed by atoms with E-state index >= 15 is 0 Å². The van der Waals surface area contributed by atoms with Crippen LogP contribution in [0.3, 0.4) is 0 Å². The zero-order chi connectivity index (χ0) is 21.5. The molecule has 0 saturated heterocycles. The number of fused-ring (bicyclic) bond motifs is 2. The minimum atomic E-state index is -3.70. The van der Waals surface area contributed by atoms with Crippen LogP contribution in [-0.4, -0.2) is 41.9 Å². The summed E-state index contributed by atoms with van der Waals surface area (Å²) < 4.78 is 28.2. The first-order chi connectivity index (χ1) is 14.3. The predicted molar refractivity (Wildman–Crippen MR) is 120 cm³/mol. The van der Waals surface area contributed by atoms with Crippen LogP contribution in [0, 0.1) is 0 Å². The summed E-state index contributed by atoms with van der Waals surface area (Å²) in [5.41, 5.74) is 1.03. The van der Waals surface area contributed by atoms with Crippen molar-refractivity contribution in [2.45, 2.75) is 18.7 Å². The highest BCUT2D eigenvalue weighted by Crippen LogP contribution is 2.35. The number of rotatable bonds is 6. The molecule has 6 nitrogen and oxygen atoms in total. The van der Waals surface area contributed by atoms with Gasteiger partial charge < -0.3 is 5.11 Å². The molecule has 0 aliphatic heterocycles. The smallest absolute Gasteiger partial charge is 0.336 e. The Kier molecular flexibility index (Phi) is 5.31. The molecule has 0 radical (unpaired) electrons. The normalized spacial score (nSPS) is 12.1. The number of aromatic nitrogens is 1. The number of sulfonamides is 1. The fourth-order valence-electron chi connectivity index (χ4n) is 3.49. The van der Waals surface area contributed by atoms with Crippen molar-refractivity contribution in [3.63, 3.8) is 0 Å². The highest BCUT2D eigenvalue weighted by atomic mass is 32.2. The fourth-order valence-corrected chi connectivity index (χ4v) is 6.00. The predicted octanol–water partition coefficient (Wildman–Crippen LogP) is 4.85. The quantitative estimate of drug-likeness (QED) is 0.463. The van der Waals surface area contributed by atoms with Crippen molar-refractivity contribution in [1.29, 1.82) is 0 Å². The van der Waals surface area contributed by atoms with Gasteiger partial charge in [0.15, 0.2) is 0 Å². The first-order valence-corrected chi connectivity index (χ1v) is 11.8. The van der Waals surface area contributed by atoms with Gasteiger partial charge in [0.1, 0.15) is 0 Å². The monoisotopic (exact) mass is 440 g/mol. The van der Waals surface area contributed by atoms with Crippen LogP contribution < -0.4 is 0 Å². The third-order valence-corrected chi connectivity index (χ3v) is 8.22. The summed E-state index contributed by atoms with van der Waals surface area (Å²) in [6.45, 7) is 4.21. The van der Waals surface area contributed by atoms with Crippen molar-refractivity contribution < 1.29 is 18.3 Å². The third kappa shape index (κ3) is 3.47. The molecule has 154 valence electrons. The molecule has 0 amide bonds. The third-order valence-electron chi connectivity index (χ3n) is 5.03. The summed E-state index contributed by atoms with van der Waals surface area (Å²) in [4.78, 5) is 17.6. The van der Waals surface area contributed by atoms with Gasteiger partial charge in [-0.1, -0.05) is 32.0 Å². The highest BCUT2D eigenvalue weighted by Gasteiger charge is 2.23. The number of benzene rings is 2. The lowest BCUT2D eigenvalue weighted by Crippen LogP contribution is -2.30. The van der Waals surface area contributed by atoms with E-state index in [0.29, 0.717) is 29.7 Å². The molecule has 2 heterocycles. The molecule has 0 aliphatic carbocycles. The fraction of sp³-hybridized carbons (Fsp3) is 0.182. The van der Waals surface area contributed by atoms with Crippen LogP contribution in [0.4, 0.5) is 0 Å². The number of pyridine rings is 1. The van der Waals surface area contributed by atoms with Crippen LogP contribution in [-0.2, 0) is 10.0 Å². The maximum Gasteiger partial charge on any atom is 0.336 e. The maximum atomic E-state index is 12.9. The molecule has 0 aliphatic rings. The van der Waals surface area contributed by atoms with Crippen LogP contribution in [0.15, 0.2) is 59.5 Å². The second kappa shape index (κ2) is 7.79. The van der Waals surface area contributed by atoms with Crippen LogP contribution in [0.5, 0.6) is 0 Å². The molecular formula is C22H20N2O4S2. The summed E-state index contributed by atoms with van der Waals surface area (Å²) in [6.07, 6.45) is 0. The SMILES string of the molecule is CCN(CC)S(=O)(=O)c1ccc2nc(-c3cc4ccccc4s3)cc(C(=O)O)c2c1. The number of hydrogen-bond acceptors (Lipinski definition) is 5. The first kappa shape index (κ1) is 20.5. The zero-order valence-corrected chi connectivity index (χ0v) is 18.1. The van der Waals surface area contributed by atoms with E-state index in [1.165, 1.54) is 33.8 Å². The Bertz CT molecular complexity index is 1340. The van der Waals surface area contributed by atoms with E-state index in [1.54, 1.807) is 19.9 Å². The zero-order valence-electron chi connectivity index (χ0n) is 16.5. The molecule has 0 atom stereocenters. The number of nitrogens with zero attached hydrogens (tertiary/aromatic N) is 2. The molecule has 0 unspecified atom stereocenters. The molecule has 4 rings (SSSR count). The van der Waals surface area contributed by atoms with Gasteiger partial charge in [-0.05, 0) is 41.8 Å². The van der Waals surface area contributed by atoms with E-state index in [0.717, 1.165) is 15.0 Å². The van der Waals surface area contributed by atoms with E-state index in [1.807, 2.05) is 30.3 Å². The van der Waals surface area contributed by atoms with Crippen molar-refractivity contribution in [1.82, 2.24) is 9.29 Å². The van der Waals surface area contributed by atoms with Crippen molar-refractivity contribution >= 4 is 48.3 Å². The molecule has 0 bridgehead atoms. The lowest BCUT2D eigenvalue weighted by Gasteiger charge is -2.18. The minimum absolute atomic E-state index is 0.0315. The van der Waals surface area contributed by atoms with Gasteiger partial charge in [0.05, 0.1) is 26.5 Å². The summed E-state index contributed by atoms with van der Waals surface area (Å²) in [5, 5.41) is 11.2. The van der Waals surface area contributed by atoms with Crippen LogP contribution >= 0.6 is 11.3 Å². The molecule has 2 aromatic carbocycles. The van der Waals surface area contributed by atoms with E-state index < -0.39 is 16.0 Å². The Morgan fingerprint density at radius 2 is 1.80 bits per heavy atom. The number of carboxylic acid groups (broad SMARTS) is 1. The lowest BCUT2D eigenvalue weighted by atomic mass is 10.1. The Hall–Kier alpha value is -2.81. The average molecular weight is 441 g/mol. The van der Waals surface area contributed by atoms with Gasteiger partial charge in [-0.3, -0.25) is 0 Å². The van der Waals surface area contributed by atoms with Crippen molar-refractivity contribution in [2.24, 2.45) is 0 Å². The van der Waals surface area contributed by atoms with Crippen LogP contribution in [0.1, 0.15) is 24.2 Å². The number of hydrogen-bond donors (Lipinski definition) is 1. The van der Waals surface area contributed by atoms with Crippen LogP contribution in [0.25, 0.3) is 31.6 Å². The minimum Gasteiger partial charge on any atom is -0.478 e. The molecule has 8 heteroatoms. The highest BCUT2D eigenvalue weighted by molar-refractivity contribution is 7.89. The molecule has 2 aromatic heterocycles. The Morgan fingerprint density at radius 1 is 1.07 bits per heavy atom. The van der Waals surface area contributed by atoms with Crippen LogP contribution in [0.2, 0.25) is 0 Å². The largest absolute Gasteiger partial charge is 0.478 e. The Morgan fingerprint density at radius 3 is 2.47 bits per heavy atom. The van der Waals surface area contributed by atoms with E-state index in [4.69, 9.17) is 0 Å². The molecule has 30 heavy (non-hydrogen) atoms. The molecular weight excluding hydrogens is 420 g/mol. The van der Waals surface area contributed by atoms with Gasteiger partial charge in [0, 0.05) is 23.2 Å². The summed E-state index contributed by atoms with van der Waals surface area (Å²) >= 11 is 1.54. The molecule has 4 aromatic rings. The van der Waals surface area contributed by atoms with Gasteiger partial charge in [0.2, 0.25) is 10.0 Å². The Labute approximate surface area is 178 Å². The van der Waals surface area contributed by atoms with Gasteiger partial charge in [-0.15, -0.1) is 11.3 Å². The molecule has 1 N–H and O–H groups in total. The topological polar surface area (TPSA) is 87.6 Å². The Balaban J connectivity index is 1.91. The second-order valence-corrected chi connectivity index (χ2v) is 9.80. The molecule has 0 saturated carbocycles. The average Bonchev–Trinajstić information content (AvgIpc) is 3.17. The van der Waals surface area contributed by atoms with Gasteiger partial charge >= 0.3 is 5.97 Å². The van der Waals surface area contributed by atoms with Gasteiger partial charge in [-0.25, -0.2) is 18.2 Å². The van der Waals surface area contributed by atoms with Gasteiger partial charge in [0.25, 0.3) is 0 Å². The number of aromatic carboxylic acids is 1. The summed E-state index contributed by atoms with van der Waals surface area (Å²) in [6, 6.07) is 15.9. The summed E-state index contributed by atoms with van der Waals surface area (Å²) in [5.74, 6) is -1.12. The van der Waals surface area contributed by atoms with E-state index in [9.17, 15) is 18.3 Å². The summed E-state index contributed by atoms with van der Waals surface area (Å²) in [7, 11) is -3.70. The first-order valence-electron chi connectivity index (χ1n) is 9.52. The van der Waals surface area contributed by atoms with Crippen molar-refractivity contribution in [3.8, 4) is 10.6 Å². The number of carboxylic acids is 1. The standard InChI is InChI=1S/C22H20N2O4S2/c1-3-24(4-2)30(27,28)15-9-10-18-16(12-15)17(22(25)26)13-19(23-18)21-11-14-7-5-6-8-20(14)29-21/h5-13H,3-4H2,1-2H3,(H,25,26). The maximum absolute atomic E-state index is 12.9. The number of thiophene rings is 1. The van der Waals surface area contributed by atoms with Gasteiger partial charge in [-0.2, -0.15) is 4.31 Å². The van der Waals surface area contributed by atoms with Crippen molar-refractivity contribution in [3.05, 3.63) is 60.2 Å². The molecule has 0 spiro atoms. The van der Waals surface area contributed by atoms with Crippen molar-refractivity contribution in [2.75, 3.05) is 13.1 Å². The van der Waals surface area contributed by atoms with E-state index in [2.05, 4.69) is 4.98 Å². The second-order valence-electron chi connectivity index (χ2n) is 6.78.